The molecule has 6 heteroatoms. The molecule has 0 aliphatic carbocycles. The van der Waals surface area contributed by atoms with Gasteiger partial charge in [0.15, 0.2) is 6.10 Å². The molecular formula is C58H92O6. The first-order valence-electron chi connectivity index (χ1n) is 25.6. The Morgan fingerprint density at radius 2 is 0.719 bits per heavy atom. The molecule has 0 radical (unpaired) electrons. The maximum absolute atomic E-state index is 12.8. The summed E-state index contributed by atoms with van der Waals surface area (Å²) in [4.78, 5) is 37.9. The van der Waals surface area contributed by atoms with Crippen molar-refractivity contribution in [1.29, 1.82) is 0 Å². The van der Waals surface area contributed by atoms with Crippen molar-refractivity contribution in [2.24, 2.45) is 0 Å². The highest BCUT2D eigenvalue weighted by Gasteiger charge is 2.19. The van der Waals surface area contributed by atoms with Crippen molar-refractivity contribution in [1.82, 2.24) is 0 Å². The van der Waals surface area contributed by atoms with Gasteiger partial charge in [0, 0.05) is 19.3 Å². The van der Waals surface area contributed by atoms with Crippen molar-refractivity contribution in [2.75, 3.05) is 13.2 Å². The van der Waals surface area contributed by atoms with Gasteiger partial charge in [-0.2, -0.15) is 0 Å². The van der Waals surface area contributed by atoms with E-state index in [0.717, 1.165) is 116 Å². The molecule has 0 aromatic heterocycles. The Morgan fingerprint density at radius 3 is 1.23 bits per heavy atom. The highest BCUT2D eigenvalue weighted by Crippen LogP contribution is 2.13. The summed E-state index contributed by atoms with van der Waals surface area (Å²) in [6.45, 7) is 6.32. The second-order valence-corrected chi connectivity index (χ2v) is 16.5. The molecule has 0 saturated heterocycles. The second kappa shape index (κ2) is 51.4. The van der Waals surface area contributed by atoms with Gasteiger partial charge in [-0.3, -0.25) is 14.4 Å². The zero-order valence-electron chi connectivity index (χ0n) is 41.0. The summed E-state index contributed by atoms with van der Waals surface area (Å²) in [6, 6.07) is 0. The molecule has 0 fully saturated rings. The fraction of sp³-hybridized carbons (Fsp3) is 0.603. The zero-order chi connectivity index (χ0) is 46.5. The lowest BCUT2D eigenvalue weighted by Gasteiger charge is -2.18. The maximum atomic E-state index is 12.8. The topological polar surface area (TPSA) is 78.9 Å². The zero-order valence-corrected chi connectivity index (χ0v) is 41.0. The number of allylic oxidation sites excluding steroid dienone is 20. The van der Waals surface area contributed by atoms with Gasteiger partial charge >= 0.3 is 17.9 Å². The van der Waals surface area contributed by atoms with Crippen LogP contribution in [0.2, 0.25) is 0 Å². The highest BCUT2D eigenvalue weighted by molar-refractivity contribution is 5.71. The summed E-state index contributed by atoms with van der Waals surface area (Å²) in [5.41, 5.74) is 0. The lowest BCUT2D eigenvalue weighted by atomic mass is 10.1. The van der Waals surface area contributed by atoms with Crippen LogP contribution >= 0.6 is 0 Å². The largest absolute Gasteiger partial charge is 0.462 e. The van der Waals surface area contributed by atoms with Gasteiger partial charge in [0.05, 0.1) is 0 Å². The number of hydrogen-bond acceptors (Lipinski definition) is 6. The van der Waals surface area contributed by atoms with Gasteiger partial charge < -0.3 is 14.2 Å². The molecule has 6 nitrogen and oxygen atoms in total. The molecule has 0 aromatic carbocycles. The molecule has 0 spiro atoms. The van der Waals surface area contributed by atoms with Crippen LogP contribution in [-0.4, -0.2) is 37.2 Å². The van der Waals surface area contributed by atoms with Crippen molar-refractivity contribution in [3.05, 3.63) is 122 Å². The Hall–Kier alpha value is -4.19. The van der Waals surface area contributed by atoms with E-state index in [-0.39, 0.29) is 37.5 Å². The van der Waals surface area contributed by atoms with Crippen LogP contribution in [0.5, 0.6) is 0 Å². The van der Waals surface area contributed by atoms with E-state index in [1.165, 1.54) is 44.9 Å². The van der Waals surface area contributed by atoms with Crippen LogP contribution in [0, 0.1) is 0 Å². The molecule has 0 aliphatic rings. The lowest BCUT2D eigenvalue weighted by Crippen LogP contribution is -2.30. The minimum atomic E-state index is -0.811. The first kappa shape index (κ1) is 59.8. The molecule has 1 atom stereocenters. The van der Waals surface area contributed by atoms with Gasteiger partial charge in [0.25, 0.3) is 0 Å². The summed E-state index contributed by atoms with van der Waals surface area (Å²) in [6.07, 6.45) is 70.4. The summed E-state index contributed by atoms with van der Waals surface area (Å²) < 4.78 is 16.7. The number of ether oxygens (including phenoxy) is 3. The van der Waals surface area contributed by atoms with Crippen LogP contribution in [0.25, 0.3) is 0 Å². The quantitative estimate of drug-likeness (QED) is 0.0199. The van der Waals surface area contributed by atoms with Crippen molar-refractivity contribution in [2.45, 2.75) is 213 Å². The predicted molar refractivity (Wildman–Crippen MR) is 274 cm³/mol. The fourth-order valence-corrected chi connectivity index (χ4v) is 6.47. The van der Waals surface area contributed by atoms with E-state index >= 15 is 0 Å². The summed E-state index contributed by atoms with van der Waals surface area (Å²) >= 11 is 0. The van der Waals surface area contributed by atoms with E-state index < -0.39 is 6.10 Å². The van der Waals surface area contributed by atoms with Crippen molar-refractivity contribution < 1.29 is 28.6 Å². The third-order valence-corrected chi connectivity index (χ3v) is 10.3. The molecule has 0 aromatic rings. The van der Waals surface area contributed by atoms with Gasteiger partial charge in [0.2, 0.25) is 0 Å². The molecule has 1 unspecified atom stereocenters. The van der Waals surface area contributed by atoms with E-state index in [1.807, 2.05) is 36.5 Å². The first-order chi connectivity index (χ1) is 31.5. The third kappa shape index (κ3) is 48.8. The Labute approximate surface area is 392 Å². The van der Waals surface area contributed by atoms with E-state index in [1.54, 1.807) is 0 Å². The fourth-order valence-electron chi connectivity index (χ4n) is 6.47. The predicted octanol–water partition coefficient (Wildman–Crippen LogP) is 16.9. The van der Waals surface area contributed by atoms with Crippen LogP contribution in [-0.2, 0) is 28.6 Å². The number of carbonyl (C=O) groups is 3. The minimum Gasteiger partial charge on any atom is -0.462 e. The number of carbonyl (C=O) groups excluding carboxylic acids is 3. The number of rotatable bonds is 44. The normalized spacial score (nSPS) is 13.1. The third-order valence-electron chi connectivity index (χ3n) is 10.3. The lowest BCUT2D eigenvalue weighted by molar-refractivity contribution is -0.167. The Balaban J connectivity index is 4.45. The van der Waals surface area contributed by atoms with Crippen LogP contribution in [0.15, 0.2) is 122 Å². The van der Waals surface area contributed by atoms with Gasteiger partial charge in [-0.25, -0.2) is 0 Å². The molecule has 0 rings (SSSR count). The SMILES string of the molecule is CC/C=C\C/C=C\C/C=C\C/C=C\CCCCCCCCC(=O)OCC(COC(=O)CCC/C=C\CCCCCC)OC(=O)CCCCCCC\C=C/C=C\C=C/C=C\C=C/CCC. The van der Waals surface area contributed by atoms with Gasteiger partial charge in [-0.05, 0) is 96.3 Å². The van der Waals surface area contributed by atoms with Crippen LogP contribution in [0.3, 0.4) is 0 Å². The molecule has 0 amide bonds. The Bertz CT molecular complexity index is 1390. The molecule has 0 saturated carbocycles. The van der Waals surface area contributed by atoms with Crippen molar-refractivity contribution in [3.63, 3.8) is 0 Å². The maximum Gasteiger partial charge on any atom is 0.306 e. The summed E-state index contributed by atoms with van der Waals surface area (Å²) in [5.74, 6) is -0.992. The molecule has 64 heavy (non-hydrogen) atoms. The van der Waals surface area contributed by atoms with E-state index in [2.05, 4.69) is 106 Å². The molecule has 0 bridgehead atoms. The average molecular weight is 885 g/mol. The Kier molecular flexibility index (Phi) is 48.1. The Morgan fingerprint density at radius 1 is 0.344 bits per heavy atom. The smallest absolute Gasteiger partial charge is 0.306 e. The minimum absolute atomic E-state index is 0.108. The van der Waals surface area contributed by atoms with Gasteiger partial charge in [-0.1, -0.05) is 213 Å². The molecule has 0 aliphatic heterocycles. The number of esters is 3. The molecule has 360 valence electrons. The average Bonchev–Trinajstić information content (AvgIpc) is 3.29. The van der Waals surface area contributed by atoms with Crippen molar-refractivity contribution >= 4 is 17.9 Å². The monoisotopic (exact) mass is 885 g/mol. The van der Waals surface area contributed by atoms with E-state index in [9.17, 15) is 14.4 Å². The van der Waals surface area contributed by atoms with Gasteiger partial charge in [-0.15, -0.1) is 0 Å². The van der Waals surface area contributed by atoms with E-state index in [0.29, 0.717) is 19.3 Å². The van der Waals surface area contributed by atoms with Crippen molar-refractivity contribution in [3.8, 4) is 0 Å². The number of hydrogen-bond donors (Lipinski definition) is 0. The number of unbranched alkanes of at least 4 members (excludes halogenated alkanes) is 17. The highest BCUT2D eigenvalue weighted by atomic mass is 16.6. The summed E-state index contributed by atoms with van der Waals surface area (Å²) in [7, 11) is 0. The first-order valence-corrected chi connectivity index (χ1v) is 25.6. The standard InChI is InChI=1S/C58H92O6/c1-4-7-10-13-16-19-21-23-25-27-29-31-32-34-36-39-42-45-48-51-57(60)63-54-55(53-62-56(59)50-47-44-41-38-18-15-12-9-6-3)64-58(61)52-49-46-43-40-37-35-33-30-28-26-24-22-20-17-14-11-8-5-2/h7,10-11,14,16-17,19-20,22-26,28-31,33,38,41,55H,4-6,8-9,12-13,15,18,21,27,32,34-37,39-40,42-54H2,1-3H3/b10-7-,14-11-,19-16-,20-17-,24-22-,25-23-,28-26-,31-29-,33-30-,41-38-. The van der Waals surface area contributed by atoms with Crippen LogP contribution in [0.1, 0.15) is 207 Å². The molecular weight excluding hydrogens is 793 g/mol. The van der Waals surface area contributed by atoms with Crippen LogP contribution < -0.4 is 0 Å². The summed E-state index contributed by atoms with van der Waals surface area (Å²) in [5, 5.41) is 0. The van der Waals surface area contributed by atoms with Crippen LogP contribution in [0.4, 0.5) is 0 Å². The second-order valence-electron chi connectivity index (χ2n) is 16.5. The molecule has 0 N–H and O–H groups in total. The van der Waals surface area contributed by atoms with E-state index in [4.69, 9.17) is 14.2 Å². The molecule has 0 heterocycles. The van der Waals surface area contributed by atoms with Gasteiger partial charge in [0.1, 0.15) is 13.2 Å².